The molecule has 33 heavy (non-hydrogen) atoms. The Hall–Kier alpha value is -3.93. The van der Waals surface area contributed by atoms with Crippen molar-refractivity contribution in [1.29, 1.82) is 0 Å². The van der Waals surface area contributed by atoms with Gasteiger partial charge in [-0.05, 0) is 49.1 Å². The maximum Gasteiger partial charge on any atom is 0.254 e. The second-order valence-corrected chi connectivity index (χ2v) is 8.18. The third-order valence-corrected chi connectivity index (χ3v) is 5.78. The zero-order chi connectivity index (χ0) is 23.2. The van der Waals surface area contributed by atoms with Gasteiger partial charge in [-0.15, -0.1) is 0 Å². The van der Waals surface area contributed by atoms with Crippen molar-refractivity contribution in [3.63, 3.8) is 0 Å². The lowest BCUT2D eigenvalue weighted by Crippen LogP contribution is -2.47. The normalized spacial score (nSPS) is 13.5. The maximum absolute atomic E-state index is 13.6. The van der Waals surface area contributed by atoms with E-state index in [4.69, 9.17) is 0 Å². The fourth-order valence-corrected chi connectivity index (χ4v) is 4.03. The number of anilines is 1. The van der Waals surface area contributed by atoms with Crippen LogP contribution in [-0.2, 0) is 16.0 Å². The van der Waals surface area contributed by atoms with E-state index in [0.717, 1.165) is 29.7 Å². The van der Waals surface area contributed by atoms with Crippen LogP contribution in [0.25, 0.3) is 0 Å². The van der Waals surface area contributed by atoms with Crippen molar-refractivity contribution in [2.45, 2.75) is 25.8 Å². The summed E-state index contributed by atoms with van der Waals surface area (Å²) in [6.45, 7) is 2.32. The van der Waals surface area contributed by atoms with Gasteiger partial charge in [0.05, 0.1) is 6.54 Å². The first-order valence-corrected chi connectivity index (χ1v) is 11.1. The topological polar surface area (TPSA) is 78.5 Å². The van der Waals surface area contributed by atoms with E-state index in [9.17, 15) is 14.4 Å². The maximum atomic E-state index is 13.6. The predicted octanol–water partition coefficient (Wildman–Crippen LogP) is 3.56. The molecule has 1 atom stereocenters. The van der Waals surface area contributed by atoms with E-state index >= 15 is 0 Å². The number of carbonyl (C=O) groups is 3. The smallest absolute Gasteiger partial charge is 0.254 e. The summed E-state index contributed by atoms with van der Waals surface area (Å²) in [5.41, 5.74) is 4.24. The molecule has 3 amide bonds. The Morgan fingerprint density at radius 3 is 2.36 bits per heavy atom. The second-order valence-electron chi connectivity index (χ2n) is 8.18. The average Bonchev–Trinajstić information content (AvgIpc) is 2.86. The fraction of sp³-hybridized carbons (Fsp3) is 0.222. The molecule has 168 valence electrons. The molecule has 0 spiro atoms. The van der Waals surface area contributed by atoms with Crippen LogP contribution >= 0.6 is 0 Å². The number of carbonyl (C=O) groups excluding carboxylic acids is 3. The molecule has 1 aliphatic rings. The highest BCUT2D eigenvalue weighted by atomic mass is 16.2. The molecule has 1 heterocycles. The minimum absolute atomic E-state index is 0.188. The Labute approximate surface area is 193 Å². The first-order valence-electron chi connectivity index (χ1n) is 11.1. The number of aryl methyl sites for hydroxylation is 2. The van der Waals surface area contributed by atoms with Gasteiger partial charge in [0.25, 0.3) is 11.8 Å². The standard InChI is InChI=1S/C27H27N3O3/c1-19-13-15-22(16-14-19)26(32)28-18-24(31)29-25(21-9-3-2-4-10-21)27(33)30-17-7-11-20-8-5-6-12-23(20)30/h2-6,8-10,12-16,25H,7,11,17-18H2,1H3,(H,28,32)(H,29,31). The summed E-state index contributed by atoms with van der Waals surface area (Å²) in [6.07, 6.45) is 1.79. The summed E-state index contributed by atoms with van der Waals surface area (Å²) in [4.78, 5) is 40.5. The lowest BCUT2D eigenvalue weighted by atomic mass is 9.99. The minimum atomic E-state index is -0.846. The van der Waals surface area contributed by atoms with Crippen molar-refractivity contribution < 1.29 is 14.4 Å². The van der Waals surface area contributed by atoms with Gasteiger partial charge in [0, 0.05) is 17.8 Å². The molecule has 1 unspecified atom stereocenters. The summed E-state index contributed by atoms with van der Waals surface area (Å²) in [5, 5.41) is 5.47. The highest BCUT2D eigenvalue weighted by molar-refractivity contribution is 6.01. The zero-order valence-electron chi connectivity index (χ0n) is 18.6. The van der Waals surface area contributed by atoms with E-state index in [1.807, 2.05) is 73.7 Å². The molecule has 3 aromatic rings. The molecule has 0 aliphatic carbocycles. The predicted molar refractivity (Wildman–Crippen MR) is 128 cm³/mol. The van der Waals surface area contributed by atoms with Crippen LogP contribution in [-0.4, -0.2) is 30.8 Å². The first-order chi connectivity index (χ1) is 16.0. The molecule has 0 saturated carbocycles. The second kappa shape index (κ2) is 10.1. The average molecular weight is 442 g/mol. The Bertz CT molecular complexity index is 1140. The summed E-state index contributed by atoms with van der Waals surface area (Å²) in [5.74, 6) is -0.952. The van der Waals surface area contributed by atoms with Gasteiger partial charge >= 0.3 is 0 Å². The largest absolute Gasteiger partial charge is 0.343 e. The molecule has 3 aromatic carbocycles. The SMILES string of the molecule is Cc1ccc(C(=O)NCC(=O)NC(C(=O)N2CCCc3ccccc32)c2ccccc2)cc1. The van der Waals surface area contributed by atoms with Gasteiger partial charge in [-0.1, -0.05) is 66.2 Å². The van der Waals surface area contributed by atoms with Crippen LogP contribution in [0.5, 0.6) is 0 Å². The van der Waals surface area contributed by atoms with Gasteiger partial charge in [-0.3, -0.25) is 14.4 Å². The number of nitrogens with one attached hydrogen (secondary N) is 2. The summed E-state index contributed by atoms with van der Waals surface area (Å²) >= 11 is 0. The Balaban J connectivity index is 1.49. The number of fused-ring (bicyclic) bond motifs is 1. The molecule has 4 rings (SSSR count). The van der Waals surface area contributed by atoms with E-state index in [2.05, 4.69) is 10.6 Å². The van der Waals surface area contributed by atoms with Gasteiger partial charge in [-0.2, -0.15) is 0 Å². The highest BCUT2D eigenvalue weighted by Gasteiger charge is 2.30. The van der Waals surface area contributed by atoms with Crippen molar-refractivity contribution in [2.75, 3.05) is 18.0 Å². The molecule has 6 heteroatoms. The van der Waals surface area contributed by atoms with Gasteiger partial charge < -0.3 is 15.5 Å². The molecule has 0 fully saturated rings. The molecule has 0 radical (unpaired) electrons. The van der Waals surface area contributed by atoms with E-state index in [1.165, 1.54) is 0 Å². The quantitative estimate of drug-likeness (QED) is 0.614. The van der Waals surface area contributed by atoms with Crippen LogP contribution < -0.4 is 15.5 Å². The molecule has 0 bridgehead atoms. The summed E-state index contributed by atoms with van der Waals surface area (Å²) in [6, 6.07) is 23.3. The molecule has 0 saturated heterocycles. The Morgan fingerprint density at radius 1 is 0.909 bits per heavy atom. The Kier molecular flexibility index (Phi) is 6.83. The molecule has 6 nitrogen and oxygen atoms in total. The number of nitrogens with zero attached hydrogens (tertiary/aromatic N) is 1. The third kappa shape index (κ3) is 5.29. The monoisotopic (exact) mass is 441 g/mol. The summed E-state index contributed by atoms with van der Waals surface area (Å²) in [7, 11) is 0. The lowest BCUT2D eigenvalue weighted by molar-refractivity contribution is -0.127. The van der Waals surface area contributed by atoms with Crippen molar-refractivity contribution >= 4 is 23.4 Å². The van der Waals surface area contributed by atoms with E-state index in [1.54, 1.807) is 17.0 Å². The van der Waals surface area contributed by atoms with Gasteiger partial charge in [-0.25, -0.2) is 0 Å². The van der Waals surface area contributed by atoms with Gasteiger partial charge in [0.15, 0.2) is 0 Å². The van der Waals surface area contributed by atoms with Crippen LogP contribution in [0.15, 0.2) is 78.9 Å². The number of amides is 3. The lowest BCUT2D eigenvalue weighted by Gasteiger charge is -2.32. The first kappa shape index (κ1) is 22.3. The van der Waals surface area contributed by atoms with Crippen molar-refractivity contribution in [2.24, 2.45) is 0 Å². The van der Waals surface area contributed by atoms with Crippen LogP contribution in [0.3, 0.4) is 0 Å². The number of benzene rings is 3. The van der Waals surface area contributed by atoms with Crippen LogP contribution in [0.4, 0.5) is 5.69 Å². The van der Waals surface area contributed by atoms with E-state index < -0.39 is 11.9 Å². The summed E-state index contributed by atoms with van der Waals surface area (Å²) < 4.78 is 0. The molecule has 1 aliphatic heterocycles. The number of hydrogen-bond donors (Lipinski definition) is 2. The van der Waals surface area contributed by atoms with Gasteiger partial charge in [0.1, 0.15) is 6.04 Å². The number of para-hydroxylation sites is 1. The van der Waals surface area contributed by atoms with Crippen molar-refractivity contribution in [1.82, 2.24) is 10.6 Å². The third-order valence-electron chi connectivity index (χ3n) is 5.78. The number of hydrogen-bond acceptors (Lipinski definition) is 3. The minimum Gasteiger partial charge on any atom is -0.343 e. The molecular weight excluding hydrogens is 414 g/mol. The van der Waals surface area contributed by atoms with E-state index in [0.29, 0.717) is 17.7 Å². The van der Waals surface area contributed by atoms with Crippen LogP contribution in [0.2, 0.25) is 0 Å². The van der Waals surface area contributed by atoms with E-state index in [-0.39, 0.29) is 18.4 Å². The fourth-order valence-electron chi connectivity index (χ4n) is 4.03. The molecule has 0 aromatic heterocycles. The van der Waals surface area contributed by atoms with Crippen molar-refractivity contribution in [3.05, 3.63) is 101 Å². The van der Waals surface area contributed by atoms with Crippen LogP contribution in [0, 0.1) is 6.92 Å². The zero-order valence-corrected chi connectivity index (χ0v) is 18.6. The number of rotatable bonds is 6. The molecule has 2 N–H and O–H groups in total. The van der Waals surface area contributed by atoms with Crippen LogP contribution in [0.1, 0.15) is 39.5 Å². The van der Waals surface area contributed by atoms with Gasteiger partial charge in [0.2, 0.25) is 5.91 Å². The Morgan fingerprint density at radius 2 is 1.61 bits per heavy atom. The molecular formula is C27H27N3O3. The highest BCUT2D eigenvalue weighted by Crippen LogP contribution is 2.29. The van der Waals surface area contributed by atoms with Crippen molar-refractivity contribution in [3.8, 4) is 0 Å².